The summed E-state index contributed by atoms with van der Waals surface area (Å²) < 4.78 is 0. The predicted octanol–water partition coefficient (Wildman–Crippen LogP) is -0.922. The van der Waals surface area contributed by atoms with Crippen LogP contribution in [0.4, 0.5) is 0 Å². The Balaban J connectivity index is 3.73. The Bertz CT molecular complexity index is 267. The quantitative estimate of drug-likeness (QED) is 0.217. The first kappa shape index (κ1) is 22.8. The predicted molar refractivity (Wildman–Crippen MR) is 90.3 cm³/mol. The second-order valence-corrected chi connectivity index (χ2v) is 6.68. The van der Waals surface area contributed by atoms with Crippen LogP contribution in [0.2, 0.25) is 0 Å². The Morgan fingerprint density at radius 3 is 1.74 bits per heavy atom. The largest absolute Gasteiger partial charge is 0.394 e. The number of rotatable bonds is 15. The van der Waals surface area contributed by atoms with Crippen LogP contribution in [-0.4, -0.2) is 76.7 Å². The fourth-order valence-electron chi connectivity index (χ4n) is 2.70. The van der Waals surface area contributed by atoms with Crippen LogP contribution in [0.3, 0.4) is 0 Å². The van der Waals surface area contributed by atoms with Crippen molar-refractivity contribution in [1.82, 2.24) is 0 Å². The third kappa shape index (κ3) is 11.0. The van der Waals surface area contributed by atoms with Gasteiger partial charge < -0.3 is 30.4 Å². The van der Waals surface area contributed by atoms with Crippen LogP contribution in [0.15, 0.2) is 0 Å². The van der Waals surface area contributed by atoms with Crippen molar-refractivity contribution in [2.75, 3.05) is 26.7 Å². The average Bonchev–Trinajstić information content (AvgIpc) is 2.54. The van der Waals surface area contributed by atoms with Gasteiger partial charge in [0.25, 0.3) is 0 Å². The number of unbranched alkanes of at least 4 members (excludes halogenated alkanes) is 7. The summed E-state index contributed by atoms with van der Waals surface area (Å²) in [7, 11) is 1.94. The maximum atomic E-state index is 9.90. The third-order valence-corrected chi connectivity index (χ3v) is 4.34. The summed E-state index contributed by atoms with van der Waals surface area (Å²) in [5.41, 5.74) is 0. The van der Waals surface area contributed by atoms with E-state index in [9.17, 15) is 20.4 Å². The van der Waals surface area contributed by atoms with Crippen LogP contribution in [0.1, 0.15) is 58.3 Å². The van der Waals surface area contributed by atoms with Crippen LogP contribution in [-0.2, 0) is 0 Å². The van der Waals surface area contributed by atoms with Crippen molar-refractivity contribution in [3.05, 3.63) is 0 Å². The minimum Gasteiger partial charge on any atom is -0.394 e. The molecule has 0 radical (unpaired) electrons. The zero-order valence-corrected chi connectivity index (χ0v) is 14.8. The first-order valence-corrected chi connectivity index (χ1v) is 9.08. The van der Waals surface area contributed by atoms with Crippen molar-refractivity contribution in [3.63, 3.8) is 0 Å². The highest BCUT2D eigenvalue weighted by Gasteiger charge is 2.31. The molecule has 6 nitrogen and oxygen atoms in total. The van der Waals surface area contributed by atoms with Crippen LogP contribution in [0, 0.1) is 0 Å². The highest BCUT2D eigenvalue weighted by atomic mass is 16.4. The molecular weight excluding hydrogens is 298 g/mol. The molecule has 0 fully saturated rings. The number of hydrogen-bond donors (Lipinski definition) is 6. The number of aliphatic hydroxyl groups excluding tert-OH is 5. The van der Waals surface area contributed by atoms with Gasteiger partial charge >= 0.3 is 0 Å². The standard InChI is InChI=1S/C17H37NO5/c1-3-4-5-6-7-8-9-10-11-18(2)12-14(20)16(22)17(23)15(21)13-19/h14-17,19-23H,3-13H2,1-2H3/p+1/t14-,15+,16+,17+/m0/s1. The van der Waals surface area contributed by atoms with E-state index in [4.69, 9.17) is 5.11 Å². The molecule has 0 amide bonds. The molecule has 0 aromatic carbocycles. The van der Waals surface area contributed by atoms with Crippen molar-refractivity contribution in [3.8, 4) is 0 Å². The lowest BCUT2D eigenvalue weighted by Gasteiger charge is -2.27. The number of nitrogens with one attached hydrogen (secondary N) is 1. The van der Waals surface area contributed by atoms with Crippen molar-refractivity contribution < 1.29 is 30.4 Å². The first-order valence-electron chi connectivity index (χ1n) is 9.08. The molecule has 0 saturated heterocycles. The molecule has 0 rings (SSSR count). The van der Waals surface area contributed by atoms with Gasteiger partial charge in [0.1, 0.15) is 31.0 Å². The molecule has 0 aliphatic rings. The van der Waals surface area contributed by atoms with Crippen LogP contribution >= 0.6 is 0 Å². The summed E-state index contributed by atoms with van der Waals surface area (Å²) >= 11 is 0. The molecule has 6 N–H and O–H groups in total. The van der Waals surface area contributed by atoms with Crippen molar-refractivity contribution in [2.45, 2.75) is 82.7 Å². The Kier molecular flexibility index (Phi) is 14.0. The lowest BCUT2D eigenvalue weighted by Crippen LogP contribution is -3.10. The molecule has 0 aliphatic carbocycles. The fraction of sp³-hybridized carbons (Fsp3) is 1.00. The van der Waals surface area contributed by atoms with Gasteiger partial charge in [-0.25, -0.2) is 0 Å². The molecule has 0 saturated carbocycles. The summed E-state index contributed by atoms with van der Waals surface area (Å²) in [5.74, 6) is 0. The van der Waals surface area contributed by atoms with Gasteiger partial charge in [0.2, 0.25) is 0 Å². The van der Waals surface area contributed by atoms with Gasteiger partial charge in [0.15, 0.2) is 0 Å². The van der Waals surface area contributed by atoms with E-state index in [2.05, 4.69) is 6.92 Å². The molecule has 1 unspecified atom stereocenters. The fourth-order valence-corrected chi connectivity index (χ4v) is 2.70. The highest BCUT2D eigenvalue weighted by Crippen LogP contribution is 2.07. The zero-order chi connectivity index (χ0) is 17.7. The molecule has 0 aromatic rings. The minimum atomic E-state index is -1.54. The van der Waals surface area contributed by atoms with Crippen LogP contribution in [0.25, 0.3) is 0 Å². The number of quaternary nitrogens is 1. The zero-order valence-electron chi connectivity index (χ0n) is 14.8. The average molecular weight is 336 g/mol. The van der Waals surface area contributed by atoms with E-state index in [1.54, 1.807) is 0 Å². The van der Waals surface area contributed by atoms with Gasteiger partial charge in [-0.3, -0.25) is 0 Å². The molecule has 140 valence electrons. The molecule has 0 aromatic heterocycles. The van der Waals surface area contributed by atoms with Gasteiger partial charge in [-0.05, 0) is 12.8 Å². The van der Waals surface area contributed by atoms with Gasteiger partial charge in [0, 0.05) is 0 Å². The van der Waals surface area contributed by atoms with Crippen molar-refractivity contribution >= 4 is 0 Å². The lowest BCUT2D eigenvalue weighted by atomic mass is 10.0. The Labute approximate surface area is 140 Å². The molecule has 23 heavy (non-hydrogen) atoms. The summed E-state index contributed by atoms with van der Waals surface area (Å²) in [6.45, 7) is 2.77. The van der Waals surface area contributed by atoms with Crippen molar-refractivity contribution in [1.29, 1.82) is 0 Å². The number of hydrogen-bond acceptors (Lipinski definition) is 5. The smallest absolute Gasteiger partial charge is 0.131 e. The highest BCUT2D eigenvalue weighted by molar-refractivity contribution is 4.79. The summed E-state index contributed by atoms with van der Waals surface area (Å²) in [6.07, 6.45) is 4.45. The normalized spacial score (nSPS) is 18.4. The van der Waals surface area contributed by atoms with Gasteiger partial charge in [-0.15, -0.1) is 0 Å². The summed E-state index contributed by atoms with van der Waals surface area (Å²) in [6, 6.07) is 0. The van der Waals surface area contributed by atoms with E-state index in [0.717, 1.165) is 17.9 Å². The van der Waals surface area contributed by atoms with E-state index < -0.39 is 31.0 Å². The second-order valence-electron chi connectivity index (χ2n) is 6.68. The maximum Gasteiger partial charge on any atom is 0.131 e. The number of aliphatic hydroxyl groups is 5. The van der Waals surface area contributed by atoms with E-state index in [0.29, 0.717) is 6.54 Å². The van der Waals surface area contributed by atoms with E-state index >= 15 is 0 Å². The minimum absolute atomic E-state index is 0.298. The summed E-state index contributed by atoms with van der Waals surface area (Å²) in [5, 5.41) is 47.3. The van der Waals surface area contributed by atoms with E-state index in [-0.39, 0.29) is 0 Å². The van der Waals surface area contributed by atoms with E-state index in [1.807, 2.05) is 7.05 Å². The Hall–Kier alpha value is -0.240. The SMILES string of the molecule is CCCCCCCCCC[NH+](C)C[C@H](O)[C@@H](O)[C@H](O)[C@H](O)CO. The van der Waals surface area contributed by atoms with Crippen LogP contribution < -0.4 is 4.90 Å². The maximum absolute atomic E-state index is 9.90. The molecule has 5 atom stereocenters. The Morgan fingerprint density at radius 1 is 0.739 bits per heavy atom. The molecule has 0 heterocycles. The van der Waals surface area contributed by atoms with Gasteiger partial charge in [0.05, 0.1) is 20.2 Å². The van der Waals surface area contributed by atoms with Gasteiger partial charge in [-0.2, -0.15) is 0 Å². The topological polar surface area (TPSA) is 106 Å². The lowest BCUT2D eigenvalue weighted by molar-refractivity contribution is -0.883. The molecular formula is C17H38NO5+. The van der Waals surface area contributed by atoms with E-state index in [1.165, 1.54) is 44.9 Å². The molecule has 0 spiro atoms. The molecule has 0 aliphatic heterocycles. The third-order valence-electron chi connectivity index (χ3n) is 4.34. The van der Waals surface area contributed by atoms with Crippen LogP contribution in [0.5, 0.6) is 0 Å². The second kappa shape index (κ2) is 14.1. The summed E-state index contributed by atoms with van der Waals surface area (Å²) in [4.78, 5) is 1.08. The molecule has 6 heteroatoms. The van der Waals surface area contributed by atoms with Gasteiger partial charge in [-0.1, -0.05) is 45.4 Å². The number of likely N-dealkylation sites (N-methyl/N-ethyl adjacent to an activating group) is 1. The molecule has 0 bridgehead atoms. The Morgan fingerprint density at radius 2 is 1.22 bits per heavy atom. The van der Waals surface area contributed by atoms with Crippen molar-refractivity contribution in [2.24, 2.45) is 0 Å². The monoisotopic (exact) mass is 336 g/mol. The first-order chi connectivity index (χ1) is 10.9.